The molecule has 1 atom stereocenters. The van der Waals surface area contributed by atoms with Crippen molar-refractivity contribution in [3.05, 3.63) is 100.0 Å². The van der Waals surface area contributed by atoms with Crippen molar-refractivity contribution in [1.29, 1.82) is 0 Å². The average molecular weight is 525 g/mol. The maximum Gasteiger partial charge on any atom is 0.300 e. The monoisotopic (exact) mass is 524 g/mol. The fraction of sp³-hybridized carbons (Fsp3) is 0.192. The molecule has 37 heavy (non-hydrogen) atoms. The molecule has 3 heterocycles. The van der Waals surface area contributed by atoms with Gasteiger partial charge >= 0.3 is 5.56 Å². The van der Waals surface area contributed by atoms with Crippen LogP contribution >= 0.6 is 11.6 Å². The number of aryl methyl sites for hydroxylation is 1. The molecule has 5 rings (SSSR count). The molecule has 0 bridgehead atoms. The van der Waals surface area contributed by atoms with Gasteiger partial charge < -0.3 is 19.9 Å². The van der Waals surface area contributed by atoms with Gasteiger partial charge in [0.15, 0.2) is 17.4 Å². The van der Waals surface area contributed by atoms with Crippen molar-refractivity contribution >= 4 is 34.4 Å². The SMILES string of the molecule is O=c1nc(Nc2ccc(OC3C=CC(F)=CN3)cc2)n(Cc2ccc(Cl)cc2)c2ncn(CCCF)c12. The van der Waals surface area contributed by atoms with Crippen LogP contribution in [0.2, 0.25) is 5.02 Å². The van der Waals surface area contributed by atoms with Crippen molar-refractivity contribution in [1.82, 2.24) is 24.4 Å². The van der Waals surface area contributed by atoms with Gasteiger partial charge in [-0.25, -0.2) is 9.37 Å². The number of ether oxygens (including phenoxy) is 1. The molecule has 2 aromatic carbocycles. The molecule has 2 N–H and O–H groups in total. The summed E-state index contributed by atoms with van der Waals surface area (Å²) in [7, 11) is 0. The van der Waals surface area contributed by atoms with E-state index in [9.17, 15) is 13.6 Å². The van der Waals surface area contributed by atoms with E-state index < -0.39 is 18.5 Å². The fourth-order valence-electron chi connectivity index (χ4n) is 3.93. The zero-order chi connectivity index (χ0) is 25.8. The van der Waals surface area contributed by atoms with E-state index in [0.29, 0.717) is 46.7 Å². The molecule has 4 aromatic rings. The Morgan fingerprint density at radius 2 is 1.92 bits per heavy atom. The van der Waals surface area contributed by atoms with Crippen molar-refractivity contribution in [2.24, 2.45) is 0 Å². The quantitative estimate of drug-likeness (QED) is 0.318. The molecule has 1 unspecified atom stereocenters. The summed E-state index contributed by atoms with van der Waals surface area (Å²) in [6, 6.07) is 14.4. The number of hydrogen-bond donors (Lipinski definition) is 2. The lowest BCUT2D eigenvalue weighted by Crippen LogP contribution is -2.30. The van der Waals surface area contributed by atoms with Crippen LogP contribution in [0.3, 0.4) is 0 Å². The van der Waals surface area contributed by atoms with E-state index in [0.717, 1.165) is 5.56 Å². The highest BCUT2D eigenvalue weighted by molar-refractivity contribution is 6.30. The average Bonchev–Trinajstić information content (AvgIpc) is 3.33. The highest BCUT2D eigenvalue weighted by atomic mass is 35.5. The number of aromatic nitrogens is 4. The zero-order valence-corrected chi connectivity index (χ0v) is 20.3. The van der Waals surface area contributed by atoms with Gasteiger partial charge in [0, 0.05) is 23.5 Å². The summed E-state index contributed by atoms with van der Waals surface area (Å²) >= 11 is 6.05. The topological polar surface area (TPSA) is 86.0 Å². The van der Waals surface area contributed by atoms with Crippen LogP contribution in [0, 0.1) is 0 Å². The molecular formula is C26H23ClF2N6O2. The van der Waals surface area contributed by atoms with Gasteiger partial charge in [-0.1, -0.05) is 23.7 Å². The van der Waals surface area contributed by atoms with Gasteiger partial charge in [-0.3, -0.25) is 13.8 Å². The maximum atomic E-state index is 13.1. The molecule has 11 heteroatoms. The minimum atomic E-state index is -0.494. The Morgan fingerprint density at radius 1 is 1.14 bits per heavy atom. The number of halogens is 3. The number of allylic oxidation sites excluding steroid dienone is 2. The molecule has 0 amide bonds. The van der Waals surface area contributed by atoms with E-state index in [1.165, 1.54) is 18.6 Å². The van der Waals surface area contributed by atoms with E-state index >= 15 is 0 Å². The Hall–Kier alpha value is -4.18. The Morgan fingerprint density at radius 3 is 2.62 bits per heavy atom. The third kappa shape index (κ3) is 5.64. The first-order valence-corrected chi connectivity index (χ1v) is 12.0. The molecule has 0 aliphatic carbocycles. The summed E-state index contributed by atoms with van der Waals surface area (Å²) in [4.78, 5) is 21.7. The van der Waals surface area contributed by atoms with Crippen LogP contribution in [0.4, 0.5) is 20.4 Å². The highest BCUT2D eigenvalue weighted by Gasteiger charge is 2.17. The van der Waals surface area contributed by atoms with Crippen LogP contribution in [-0.4, -0.2) is 32.0 Å². The number of benzene rings is 2. The van der Waals surface area contributed by atoms with Crippen LogP contribution in [0.1, 0.15) is 12.0 Å². The smallest absolute Gasteiger partial charge is 0.300 e. The van der Waals surface area contributed by atoms with Crippen molar-refractivity contribution in [3.8, 4) is 5.75 Å². The minimum absolute atomic E-state index is 0.272. The number of dihydropyridines is 1. The number of hydrogen-bond acceptors (Lipinski definition) is 6. The molecule has 1 aliphatic heterocycles. The maximum absolute atomic E-state index is 13.1. The van der Waals surface area contributed by atoms with E-state index in [1.54, 1.807) is 51.6 Å². The van der Waals surface area contributed by atoms with Gasteiger partial charge in [-0.2, -0.15) is 4.98 Å². The van der Waals surface area contributed by atoms with Gasteiger partial charge in [-0.15, -0.1) is 0 Å². The molecule has 0 radical (unpaired) electrons. The summed E-state index contributed by atoms with van der Waals surface area (Å²) in [6.07, 6.45) is 5.46. The zero-order valence-electron chi connectivity index (χ0n) is 19.6. The van der Waals surface area contributed by atoms with E-state index in [4.69, 9.17) is 16.3 Å². The molecule has 0 spiro atoms. The van der Waals surface area contributed by atoms with Crippen molar-refractivity contribution < 1.29 is 13.5 Å². The Bertz CT molecular complexity index is 1510. The first-order valence-electron chi connectivity index (χ1n) is 11.6. The second-order valence-electron chi connectivity index (χ2n) is 8.35. The molecule has 2 aromatic heterocycles. The predicted molar refractivity (Wildman–Crippen MR) is 139 cm³/mol. The second kappa shape index (κ2) is 10.8. The van der Waals surface area contributed by atoms with Crippen LogP contribution < -0.4 is 20.9 Å². The summed E-state index contributed by atoms with van der Waals surface area (Å²) in [5.74, 6) is 0.493. The standard InChI is InChI=1S/C26H23ClF2N6O2/c27-18-4-2-17(3-5-18)15-35-24-23(34(16-31-24)13-1-12-28)25(36)33-26(35)32-20-7-9-21(10-8-20)37-22-11-6-19(29)14-30-22/h2-11,14,16,22,30H,1,12-13,15H2,(H,32,33,36). The lowest BCUT2D eigenvalue weighted by Gasteiger charge is -2.19. The van der Waals surface area contributed by atoms with Crippen molar-refractivity contribution in [2.45, 2.75) is 25.7 Å². The first kappa shape index (κ1) is 24.5. The summed E-state index contributed by atoms with van der Waals surface area (Å²) < 4.78 is 35.1. The van der Waals surface area contributed by atoms with Crippen molar-refractivity contribution in [3.63, 3.8) is 0 Å². The lowest BCUT2D eigenvalue weighted by atomic mass is 10.2. The third-order valence-corrected chi connectivity index (χ3v) is 5.97. The van der Waals surface area contributed by atoms with Crippen LogP contribution in [0.15, 0.2) is 83.8 Å². The molecule has 1 aliphatic rings. The van der Waals surface area contributed by atoms with Crippen LogP contribution in [0.25, 0.3) is 11.2 Å². The van der Waals surface area contributed by atoms with Gasteiger partial charge in [0.2, 0.25) is 5.95 Å². The first-order chi connectivity index (χ1) is 18.0. The summed E-state index contributed by atoms with van der Waals surface area (Å²) in [5, 5.41) is 6.61. The molecule has 0 saturated heterocycles. The minimum Gasteiger partial charge on any atom is -0.467 e. The number of nitrogens with one attached hydrogen (secondary N) is 2. The van der Waals surface area contributed by atoms with Gasteiger partial charge in [0.1, 0.15) is 11.6 Å². The number of alkyl halides is 1. The second-order valence-corrected chi connectivity index (χ2v) is 8.79. The van der Waals surface area contributed by atoms with Gasteiger partial charge in [0.05, 0.1) is 19.5 Å². The van der Waals surface area contributed by atoms with Crippen LogP contribution in [-0.2, 0) is 13.1 Å². The fourth-order valence-corrected chi connectivity index (χ4v) is 4.05. The summed E-state index contributed by atoms with van der Waals surface area (Å²) in [5.41, 5.74) is 1.89. The molecule has 0 fully saturated rings. The van der Waals surface area contributed by atoms with E-state index in [-0.39, 0.29) is 12.2 Å². The molecular weight excluding hydrogens is 502 g/mol. The number of anilines is 2. The molecule has 8 nitrogen and oxygen atoms in total. The normalized spacial score (nSPS) is 14.9. The van der Waals surface area contributed by atoms with Gasteiger partial charge in [-0.05, 0) is 60.5 Å². The predicted octanol–water partition coefficient (Wildman–Crippen LogP) is 5.07. The number of imidazole rings is 1. The lowest BCUT2D eigenvalue weighted by molar-refractivity contribution is 0.225. The van der Waals surface area contributed by atoms with E-state index in [1.807, 2.05) is 12.1 Å². The highest BCUT2D eigenvalue weighted by Crippen LogP contribution is 2.23. The van der Waals surface area contributed by atoms with Gasteiger partial charge in [0.25, 0.3) is 0 Å². The van der Waals surface area contributed by atoms with E-state index in [2.05, 4.69) is 20.6 Å². The summed E-state index contributed by atoms with van der Waals surface area (Å²) in [6.45, 7) is 0.201. The van der Waals surface area contributed by atoms with Crippen LogP contribution in [0.5, 0.6) is 5.75 Å². The Balaban J connectivity index is 1.45. The Kier molecular flexibility index (Phi) is 7.18. The molecule has 0 saturated carbocycles. The number of nitrogens with zero attached hydrogens (tertiary/aromatic N) is 4. The molecule has 190 valence electrons. The number of fused-ring (bicyclic) bond motifs is 1. The largest absolute Gasteiger partial charge is 0.467 e. The van der Waals surface area contributed by atoms with Crippen molar-refractivity contribution in [2.75, 3.05) is 12.0 Å². The third-order valence-electron chi connectivity index (χ3n) is 5.72. The Labute approximate surface area is 215 Å². The number of rotatable bonds is 9.